The molecule has 0 heterocycles. The van der Waals surface area contributed by atoms with E-state index in [2.05, 4.69) is 35.5 Å². The third-order valence-electron chi connectivity index (χ3n) is 3.02. The van der Waals surface area contributed by atoms with Crippen LogP contribution in [0.1, 0.15) is 21.5 Å². The number of carbonyl (C=O) groups is 1. The molecular weight excluding hydrogens is 372 g/mol. The average molecular weight is 390 g/mol. The second-order valence-corrected chi connectivity index (χ2v) is 5.88. The first-order valence-electron chi connectivity index (χ1n) is 7.30. The summed E-state index contributed by atoms with van der Waals surface area (Å²) in [6, 6.07) is 13.9. The number of allylic oxidation sites excluding steroid dienone is 1. The van der Waals surface area contributed by atoms with Crippen LogP contribution in [0.4, 0.5) is 5.69 Å². The first-order valence-corrected chi connectivity index (χ1v) is 8.11. The smallest absolute Gasteiger partial charge is 0.258 e. The highest BCUT2D eigenvalue weighted by Crippen LogP contribution is 2.20. The Morgan fingerprint density at radius 2 is 1.65 bits per heavy atom. The van der Waals surface area contributed by atoms with Crippen molar-refractivity contribution in [2.24, 2.45) is 5.73 Å². The van der Waals surface area contributed by atoms with Crippen LogP contribution in [0.15, 0.2) is 54.6 Å². The fourth-order valence-corrected chi connectivity index (χ4v) is 2.09. The van der Waals surface area contributed by atoms with Crippen molar-refractivity contribution in [3.05, 3.63) is 71.3 Å². The van der Waals surface area contributed by atoms with Gasteiger partial charge in [0.1, 0.15) is 5.76 Å². The van der Waals surface area contributed by atoms with Crippen molar-refractivity contribution in [1.29, 1.82) is 0 Å². The summed E-state index contributed by atoms with van der Waals surface area (Å²) in [7, 11) is 0. The Kier molecular flexibility index (Phi) is 8.20. The highest BCUT2D eigenvalue weighted by atomic mass is 32.1. The lowest BCUT2D eigenvalue weighted by Gasteiger charge is -2.09. The van der Waals surface area contributed by atoms with Gasteiger partial charge in [0, 0.05) is 17.2 Å². The van der Waals surface area contributed by atoms with Crippen molar-refractivity contribution in [3.8, 4) is 0 Å². The molecule has 0 aromatic heterocycles. The van der Waals surface area contributed by atoms with Gasteiger partial charge in [-0.2, -0.15) is 0 Å². The zero-order valence-corrected chi connectivity index (χ0v) is 15.5. The number of nitrogens with one attached hydrogen (secondary N) is 1. The van der Waals surface area contributed by atoms with E-state index in [0.717, 1.165) is 11.6 Å². The largest absolute Gasteiger partial charge is 0.507 e. The van der Waals surface area contributed by atoms with Crippen LogP contribution in [0, 0.1) is 6.92 Å². The van der Waals surface area contributed by atoms with Gasteiger partial charge in [0.2, 0.25) is 0 Å². The molecule has 0 atom stereocenters. The van der Waals surface area contributed by atoms with Crippen molar-refractivity contribution < 1.29 is 20.1 Å². The standard InChI is InChI=1S/C17H15NO3S.CH3NOS/c1-11-7-8-14(18-17(21)22)13(9-11)16(20)10-15(19)12-5-3-2-4-6-12;2-1(3)4/h2-10,19H,1H3,(H2,18,21,22);(H3,2,3,4). The fraction of sp³-hybridized carbons (Fsp3) is 0.0556. The summed E-state index contributed by atoms with van der Waals surface area (Å²) < 4.78 is 0. The van der Waals surface area contributed by atoms with Gasteiger partial charge >= 0.3 is 0 Å². The maximum atomic E-state index is 12.4. The van der Waals surface area contributed by atoms with Crippen molar-refractivity contribution >= 4 is 52.0 Å². The normalized spacial score (nSPS) is 10.3. The number of aryl methyl sites for hydroxylation is 1. The number of anilines is 1. The van der Waals surface area contributed by atoms with Crippen molar-refractivity contribution in [2.75, 3.05) is 5.32 Å². The average Bonchev–Trinajstić information content (AvgIpc) is 2.56. The third-order valence-corrected chi connectivity index (χ3v) is 3.12. The molecule has 0 saturated heterocycles. The summed E-state index contributed by atoms with van der Waals surface area (Å²) in [4.78, 5) is 12.4. The Morgan fingerprint density at radius 1 is 1.08 bits per heavy atom. The molecule has 6 N–H and O–H groups in total. The molecule has 8 heteroatoms. The SMILES string of the molecule is Cc1ccc(NC(O)=S)c(C(=O)C=C(O)c2ccccc2)c1.NC(O)=S. The van der Waals surface area contributed by atoms with E-state index in [1.165, 1.54) is 0 Å². The van der Waals surface area contributed by atoms with E-state index in [1.807, 2.05) is 13.0 Å². The minimum Gasteiger partial charge on any atom is -0.507 e. The lowest BCUT2D eigenvalue weighted by atomic mass is 10.0. The number of thiocarbonyl (C=S) groups is 2. The number of nitrogens with two attached hydrogens (primary N) is 1. The molecule has 2 rings (SSSR count). The Balaban J connectivity index is 0.000000765. The van der Waals surface area contributed by atoms with Crippen LogP contribution >= 0.6 is 24.4 Å². The zero-order valence-electron chi connectivity index (χ0n) is 13.8. The van der Waals surface area contributed by atoms with Gasteiger partial charge in [-0.25, -0.2) is 0 Å². The first kappa shape index (κ1) is 21.1. The molecule has 6 nitrogen and oxygen atoms in total. The van der Waals surface area contributed by atoms with Crippen molar-refractivity contribution in [3.63, 3.8) is 0 Å². The van der Waals surface area contributed by atoms with Gasteiger partial charge in [0.25, 0.3) is 10.3 Å². The van der Waals surface area contributed by atoms with Crippen LogP contribution in [-0.2, 0) is 0 Å². The topological polar surface area (TPSA) is 116 Å². The van der Waals surface area contributed by atoms with E-state index < -0.39 is 10.3 Å². The minimum atomic E-state index is -0.500. The van der Waals surface area contributed by atoms with Gasteiger partial charge < -0.3 is 26.4 Å². The predicted octanol–water partition coefficient (Wildman–Crippen LogP) is 3.82. The molecule has 0 aliphatic rings. The first-order chi connectivity index (χ1) is 12.2. The lowest BCUT2D eigenvalue weighted by Crippen LogP contribution is -2.11. The molecule has 0 saturated carbocycles. The molecular formula is C18H18N2O4S2. The molecule has 2 aromatic carbocycles. The molecule has 0 radical (unpaired) electrons. The molecule has 0 fully saturated rings. The molecule has 0 spiro atoms. The van der Waals surface area contributed by atoms with Gasteiger partial charge in [-0.1, -0.05) is 42.0 Å². The van der Waals surface area contributed by atoms with E-state index in [4.69, 9.17) is 5.11 Å². The molecule has 2 aromatic rings. The van der Waals surface area contributed by atoms with E-state index in [1.54, 1.807) is 42.5 Å². The second-order valence-electron chi connectivity index (χ2n) is 5.08. The lowest BCUT2D eigenvalue weighted by molar-refractivity contribution is 0.104. The van der Waals surface area contributed by atoms with Gasteiger partial charge in [-0.15, -0.1) is 0 Å². The number of aliphatic hydroxyl groups is 3. The van der Waals surface area contributed by atoms with Crippen LogP contribution in [0.2, 0.25) is 0 Å². The summed E-state index contributed by atoms with van der Waals surface area (Å²) in [5.74, 6) is -0.506. The number of carbonyl (C=O) groups excluding carboxylic acids is 1. The number of benzene rings is 2. The summed E-state index contributed by atoms with van der Waals surface area (Å²) in [5, 5.41) is 28.4. The number of hydrogen-bond donors (Lipinski definition) is 5. The molecule has 26 heavy (non-hydrogen) atoms. The summed E-state index contributed by atoms with van der Waals surface area (Å²) in [6.07, 6.45) is 1.15. The van der Waals surface area contributed by atoms with E-state index in [-0.39, 0.29) is 11.5 Å². The monoisotopic (exact) mass is 390 g/mol. The highest BCUT2D eigenvalue weighted by Gasteiger charge is 2.12. The van der Waals surface area contributed by atoms with Crippen LogP contribution in [0.3, 0.4) is 0 Å². The number of aliphatic hydroxyl groups excluding tert-OH is 3. The number of ketones is 1. The fourth-order valence-electron chi connectivity index (χ4n) is 1.98. The molecule has 136 valence electrons. The van der Waals surface area contributed by atoms with Crippen LogP contribution in [-0.4, -0.2) is 31.5 Å². The third kappa shape index (κ3) is 7.29. The van der Waals surface area contributed by atoms with E-state index in [9.17, 15) is 15.0 Å². The summed E-state index contributed by atoms with van der Waals surface area (Å²) in [6.45, 7) is 1.85. The van der Waals surface area contributed by atoms with E-state index in [0.29, 0.717) is 16.8 Å². The van der Waals surface area contributed by atoms with Crippen LogP contribution in [0.25, 0.3) is 5.76 Å². The van der Waals surface area contributed by atoms with Gasteiger partial charge in [-0.3, -0.25) is 4.79 Å². The highest BCUT2D eigenvalue weighted by molar-refractivity contribution is 7.80. The minimum absolute atomic E-state index is 0.121. The maximum Gasteiger partial charge on any atom is 0.258 e. The summed E-state index contributed by atoms with van der Waals surface area (Å²) >= 11 is 8.46. The van der Waals surface area contributed by atoms with Crippen molar-refractivity contribution in [1.82, 2.24) is 0 Å². The molecule has 0 aliphatic carbocycles. The Labute approximate surface area is 161 Å². The molecule has 0 bridgehead atoms. The molecule has 0 unspecified atom stereocenters. The molecule has 0 amide bonds. The Bertz CT molecular complexity index is 832. The van der Waals surface area contributed by atoms with E-state index >= 15 is 0 Å². The second kappa shape index (κ2) is 10.1. The zero-order chi connectivity index (χ0) is 19.7. The maximum absolute atomic E-state index is 12.4. The quantitative estimate of drug-likeness (QED) is 0.232. The van der Waals surface area contributed by atoms with Gasteiger partial charge in [0.05, 0.1) is 5.69 Å². The van der Waals surface area contributed by atoms with Crippen molar-refractivity contribution in [2.45, 2.75) is 6.92 Å². The van der Waals surface area contributed by atoms with Gasteiger partial charge in [-0.05, 0) is 43.5 Å². The predicted molar refractivity (Wildman–Crippen MR) is 111 cm³/mol. The van der Waals surface area contributed by atoms with Crippen LogP contribution < -0.4 is 11.1 Å². The Hall–Kier alpha value is -2.97. The molecule has 0 aliphatic heterocycles. The van der Waals surface area contributed by atoms with Crippen LogP contribution in [0.5, 0.6) is 0 Å². The summed E-state index contributed by atoms with van der Waals surface area (Å²) in [5.41, 5.74) is 6.54. The van der Waals surface area contributed by atoms with Gasteiger partial charge in [0.15, 0.2) is 5.78 Å². The Morgan fingerprint density at radius 3 is 2.19 bits per heavy atom. The number of hydrogen-bond acceptors (Lipinski definition) is 4. The number of rotatable bonds is 4.